The third kappa shape index (κ3) is 9.20. The normalized spacial score (nSPS) is 0. The van der Waals surface area contributed by atoms with Gasteiger partial charge in [-0.3, -0.25) is 0 Å². The molecule has 0 unspecified atom stereocenters. The maximum absolute atomic E-state index is 0. The van der Waals surface area contributed by atoms with Crippen molar-refractivity contribution in [3.63, 3.8) is 0 Å². The molecule has 0 fully saturated rings. The second-order valence-corrected chi connectivity index (χ2v) is 0. The average Bonchev–Trinajstić information content (AvgIpc) is 0. The molecule has 0 aromatic carbocycles. The Morgan fingerprint density at radius 1 is 1.00 bits per heavy atom. The van der Waals surface area contributed by atoms with Crippen LogP contribution in [0.4, 0.5) is 0 Å². The number of halogens is 2. The predicted molar refractivity (Wildman–Crippen MR) is 27.5 cm³/mol. The summed E-state index contributed by atoms with van der Waals surface area (Å²) in [5, 5.41) is 0. The van der Waals surface area contributed by atoms with Crippen LogP contribution in [-0.2, 0) is 0 Å². The van der Waals surface area contributed by atoms with Gasteiger partial charge in [-0.05, 0) is 0 Å². The van der Waals surface area contributed by atoms with Crippen molar-refractivity contribution in [2.24, 2.45) is 0 Å². The topological polar surface area (TPSA) is 35.0 Å². The largest absolute Gasteiger partial charge is 2.00 e. The van der Waals surface area contributed by atoms with E-state index in [1.165, 1.54) is 0 Å². The Hall–Kier alpha value is 1.80. The van der Waals surface area contributed by atoms with Gasteiger partial charge in [0, 0.05) is 0 Å². The smallest absolute Gasteiger partial charge is 1.00 e. The minimum atomic E-state index is 0. The van der Waals surface area contributed by atoms with Crippen molar-refractivity contribution >= 4 is 62.6 Å². The second kappa shape index (κ2) is 21.4. The molecule has 4 heavy (non-hydrogen) atoms. The van der Waals surface area contributed by atoms with Gasteiger partial charge in [-0.15, -0.1) is 24.8 Å². The van der Waals surface area contributed by atoms with E-state index in [2.05, 4.69) is 0 Å². The van der Waals surface area contributed by atoms with Crippen molar-refractivity contribution in [1.29, 1.82) is 0 Å². The summed E-state index contributed by atoms with van der Waals surface area (Å²) >= 11 is 0. The molecule has 3 N–H and O–H groups in total. The van der Waals surface area contributed by atoms with Crippen LogP contribution in [-0.4, -0.2) is 37.7 Å². The predicted octanol–water partition coefficient (Wildman–Crippen LogP) is 0.850. The minimum Gasteiger partial charge on any atom is -1.00 e. The molecule has 0 aliphatic carbocycles. The van der Waals surface area contributed by atoms with Crippen LogP contribution in [0.1, 0.15) is 2.85 Å². The van der Waals surface area contributed by atoms with Crippen LogP contribution in [0.3, 0.4) is 0 Å². The summed E-state index contributed by atoms with van der Waals surface area (Å²) in [6.45, 7) is 0. The fraction of sp³-hybridized carbons (Fsp3) is 0. The molecule has 0 heterocycles. The average molecular weight is 132 g/mol. The molecule has 0 aliphatic rings. The summed E-state index contributed by atoms with van der Waals surface area (Å²) in [5.74, 6) is 0. The van der Waals surface area contributed by atoms with Gasteiger partial charge in [0.05, 0.1) is 0 Å². The van der Waals surface area contributed by atoms with Gasteiger partial charge in [0.2, 0.25) is 0 Å². The van der Waals surface area contributed by atoms with E-state index in [1.807, 2.05) is 0 Å². The quantitative estimate of drug-likeness (QED) is 0.487. The second-order valence-electron chi connectivity index (χ2n) is 0. The van der Waals surface area contributed by atoms with Crippen molar-refractivity contribution in [1.82, 2.24) is 6.15 Å². The fourth-order valence-electron chi connectivity index (χ4n) is 0. The molecular formula is H7CaCl2N. The molecule has 0 saturated heterocycles. The molecule has 28 valence electrons. The maximum atomic E-state index is 0. The van der Waals surface area contributed by atoms with Crippen molar-refractivity contribution in [3.8, 4) is 0 Å². The molecular weight excluding hydrogens is 125 g/mol. The van der Waals surface area contributed by atoms with Gasteiger partial charge in [0.1, 0.15) is 0 Å². The molecule has 0 spiro atoms. The molecule has 0 aromatic heterocycles. The minimum absolute atomic E-state index is 0. The number of rotatable bonds is 0. The molecule has 0 rings (SSSR count). The van der Waals surface area contributed by atoms with E-state index in [9.17, 15) is 0 Å². The van der Waals surface area contributed by atoms with Crippen LogP contribution >= 0.6 is 24.8 Å². The van der Waals surface area contributed by atoms with E-state index < -0.39 is 0 Å². The van der Waals surface area contributed by atoms with Crippen LogP contribution in [0, 0.1) is 0 Å². The summed E-state index contributed by atoms with van der Waals surface area (Å²) in [7, 11) is 0. The standard InChI is InChI=1S/Ca.2ClH.H3N.2H/h;2*1H;1H3;;/q+2;;;;2*-1. The summed E-state index contributed by atoms with van der Waals surface area (Å²) in [5.41, 5.74) is 0. The molecule has 1 nitrogen and oxygen atoms in total. The van der Waals surface area contributed by atoms with E-state index in [0.29, 0.717) is 0 Å². The van der Waals surface area contributed by atoms with Crippen molar-refractivity contribution in [2.45, 2.75) is 0 Å². The van der Waals surface area contributed by atoms with Crippen LogP contribution in [0.25, 0.3) is 0 Å². The fourth-order valence-corrected chi connectivity index (χ4v) is 0. The molecule has 0 aromatic rings. The molecule has 0 radical (unpaired) electrons. The molecule has 0 saturated carbocycles. The van der Waals surface area contributed by atoms with Crippen molar-refractivity contribution in [3.05, 3.63) is 0 Å². The monoisotopic (exact) mass is 131 g/mol. The van der Waals surface area contributed by atoms with Gasteiger partial charge in [-0.1, -0.05) is 0 Å². The summed E-state index contributed by atoms with van der Waals surface area (Å²) in [4.78, 5) is 0. The SMILES string of the molecule is Cl.Cl.N.[Ca+2].[H-].[H-]. The molecule has 0 amide bonds. The van der Waals surface area contributed by atoms with E-state index in [1.54, 1.807) is 0 Å². The van der Waals surface area contributed by atoms with Crippen LogP contribution in [0.2, 0.25) is 0 Å². The Morgan fingerprint density at radius 3 is 1.00 bits per heavy atom. The van der Waals surface area contributed by atoms with Gasteiger partial charge in [-0.2, -0.15) is 0 Å². The maximum Gasteiger partial charge on any atom is 2.00 e. The Kier molecular flexibility index (Phi) is 221. The zero-order chi connectivity index (χ0) is 0. The van der Waals surface area contributed by atoms with Gasteiger partial charge >= 0.3 is 37.7 Å². The summed E-state index contributed by atoms with van der Waals surface area (Å²) in [6, 6.07) is 0. The Labute approximate surface area is 70.9 Å². The number of hydrogen-bond donors (Lipinski definition) is 1. The third-order valence-electron chi connectivity index (χ3n) is 0. The van der Waals surface area contributed by atoms with Crippen molar-refractivity contribution in [2.75, 3.05) is 0 Å². The third-order valence-corrected chi connectivity index (χ3v) is 0. The Morgan fingerprint density at radius 2 is 1.00 bits per heavy atom. The first-order valence-electron chi connectivity index (χ1n) is 0. The van der Waals surface area contributed by atoms with E-state index >= 15 is 0 Å². The molecule has 4 heteroatoms. The Bertz CT molecular complexity index is 11.5. The zero-order valence-electron chi connectivity index (χ0n) is 4.23. The molecule has 0 bridgehead atoms. The van der Waals surface area contributed by atoms with Gasteiger partial charge in [-0.25, -0.2) is 0 Å². The first kappa shape index (κ1) is 41.3. The van der Waals surface area contributed by atoms with Gasteiger partial charge < -0.3 is 9.00 Å². The van der Waals surface area contributed by atoms with E-state index in [4.69, 9.17) is 0 Å². The number of hydrogen-bond acceptors (Lipinski definition) is 1. The van der Waals surface area contributed by atoms with Gasteiger partial charge in [0.25, 0.3) is 0 Å². The first-order chi connectivity index (χ1) is 0. The van der Waals surface area contributed by atoms with E-state index in [0.717, 1.165) is 0 Å². The van der Waals surface area contributed by atoms with Crippen molar-refractivity contribution < 1.29 is 2.85 Å². The van der Waals surface area contributed by atoms with Crippen LogP contribution in [0.5, 0.6) is 0 Å². The van der Waals surface area contributed by atoms with Gasteiger partial charge in [0.15, 0.2) is 0 Å². The molecule has 0 atom stereocenters. The van der Waals surface area contributed by atoms with Crippen LogP contribution < -0.4 is 6.15 Å². The Balaban J connectivity index is 0. The summed E-state index contributed by atoms with van der Waals surface area (Å²) in [6.07, 6.45) is 0. The first-order valence-corrected chi connectivity index (χ1v) is 0. The summed E-state index contributed by atoms with van der Waals surface area (Å²) < 4.78 is 0. The molecule has 0 aliphatic heterocycles. The van der Waals surface area contributed by atoms with E-state index in [-0.39, 0.29) is 71.6 Å². The van der Waals surface area contributed by atoms with Crippen LogP contribution in [0.15, 0.2) is 0 Å². The zero-order valence-corrected chi connectivity index (χ0v) is 6.07.